The highest BCUT2D eigenvalue weighted by molar-refractivity contribution is 5.84. The minimum absolute atomic E-state index is 0.603. The molecule has 0 saturated heterocycles. The third kappa shape index (κ3) is 2.03. The van der Waals surface area contributed by atoms with Gasteiger partial charge in [-0.25, -0.2) is 0 Å². The Morgan fingerprint density at radius 1 is 0.857 bits per heavy atom. The van der Waals surface area contributed by atoms with Crippen LogP contribution in [0.2, 0.25) is 0 Å². The third-order valence-corrected chi connectivity index (χ3v) is 3.68. The molecule has 0 atom stereocenters. The Labute approximate surface area is 122 Å². The second-order valence-electron chi connectivity index (χ2n) is 5.05. The molecule has 0 fully saturated rings. The van der Waals surface area contributed by atoms with Crippen LogP contribution in [0, 0.1) is 0 Å². The Morgan fingerprint density at radius 2 is 1.62 bits per heavy atom. The van der Waals surface area contributed by atoms with Crippen molar-refractivity contribution in [3.8, 4) is 11.8 Å². The first-order valence-corrected chi connectivity index (χ1v) is 6.89. The number of para-hydroxylation sites is 2. The summed E-state index contributed by atoms with van der Waals surface area (Å²) in [5.74, 6) is 0.798. The van der Waals surface area contributed by atoms with E-state index >= 15 is 0 Å². The Morgan fingerprint density at radius 3 is 2.48 bits per heavy atom. The van der Waals surface area contributed by atoms with Gasteiger partial charge in [0, 0.05) is 7.05 Å². The van der Waals surface area contributed by atoms with Gasteiger partial charge in [0.1, 0.15) is 5.75 Å². The Kier molecular flexibility index (Phi) is 2.64. The largest absolute Gasteiger partial charge is 0.425 e. The lowest BCUT2D eigenvalue weighted by Gasteiger charge is -2.06. The zero-order valence-corrected chi connectivity index (χ0v) is 11.7. The van der Waals surface area contributed by atoms with E-state index in [4.69, 9.17) is 4.74 Å². The Bertz CT molecular complexity index is 940. The van der Waals surface area contributed by atoms with Gasteiger partial charge < -0.3 is 4.74 Å². The minimum atomic E-state index is 0.603. The van der Waals surface area contributed by atoms with Gasteiger partial charge in [0.05, 0.1) is 11.0 Å². The van der Waals surface area contributed by atoms with Crippen molar-refractivity contribution < 1.29 is 4.74 Å². The molecule has 0 saturated carbocycles. The Balaban J connectivity index is 1.77. The second-order valence-corrected chi connectivity index (χ2v) is 5.05. The van der Waals surface area contributed by atoms with E-state index in [1.165, 1.54) is 5.39 Å². The number of rotatable bonds is 2. The van der Waals surface area contributed by atoms with Crippen LogP contribution in [-0.4, -0.2) is 9.55 Å². The summed E-state index contributed by atoms with van der Waals surface area (Å²) in [4.78, 5) is 4.53. The average Bonchev–Trinajstić information content (AvgIpc) is 2.84. The van der Waals surface area contributed by atoms with Crippen LogP contribution in [-0.2, 0) is 7.05 Å². The van der Waals surface area contributed by atoms with Crippen LogP contribution in [0.1, 0.15) is 0 Å². The molecule has 3 aromatic carbocycles. The molecule has 0 aliphatic heterocycles. The van der Waals surface area contributed by atoms with Crippen molar-refractivity contribution in [3.05, 3.63) is 66.7 Å². The molecule has 21 heavy (non-hydrogen) atoms. The molecule has 102 valence electrons. The fourth-order valence-corrected chi connectivity index (χ4v) is 2.55. The van der Waals surface area contributed by atoms with Crippen molar-refractivity contribution in [2.75, 3.05) is 0 Å². The second kappa shape index (κ2) is 4.63. The van der Waals surface area contributed by atoms with Crippen molar-refractivity contribution in [3.63, 3.8) is 0 Å². The van der Waals surface area contributed by atoms with Gasteiger partial charge in [-0.3, -0.25) is 4.57 Å². The highest BCUT2D eigenvalue weighted by atomic mass is 16.5. The zero-order valence-electron chi connectivity index (χ0n) is 11.7. The van der Waals surface area contributed by atoms with E-state index in [2.05, 4.69) is 23.2 Å². The molecule has 3 nitrogen and oxygen atoms in total. The lowest BCUT2D eigenvalue weighted by atomic mass is 10.1. The van der Waals surface area contributed by atoms with Crippen LogP contribution in [0.15, 0.2) is 66.7 Å². The number of aromatic nitrogens is 2. The summed E-state index contributed by atoms with van der Waals surface area (Å²) in [7, 11) is 1.96. The first-order chi connectivity index (χ1) is 10.3. The molecule has 0 aliphatic carbocycles. The molecular weight excluding hydrogens is 260 g/mol. The van der Waals surface area contributed by atoms with Crippen molar-refractivity contribution in [1.29, 1.82) is 0 Å². The average molecular weight is 274 g/mol. The molecule has 0 amide bonds. The first kappa shape index (κ1) is 12.0. The maximum absolute atomic E-state index is 5.95. The van der Waals surface area contributed by atoms with Gasteiger partial charge >= 0.3 is 6.01 Å². The number of nitrogens with zero attached hydrogens (tertiary/aromatic N) is 2. The molecule has 1 aromatic heterocycles. The number of fused-ring (bicyclic) bond motifs is 2. The topological polar surface area (TPSA) is 27.1 Å². The van der Waals surface area contributed by atoms with Crippen molar-refractivity contribution in [2.24, 2.45) is 7.05 Å². The first-order valence-electron chi connectivity index (χ1n) is 6.89. The molecule has 4 aromatic rings. The summed E-state index contributed by atoms with van der Waals surface area (Å²) in [6.45, 7) is 0. The molecule has 0 radical (unpaired) electrons. The normalized spacial score (nSPS) is 11.1. The Hall–Kier alpha value is -2.81. The molecular formula is C18H14N2O. The monoisotopic (exact) mass is 274 g/mol. The fraction of sp³-hybridized carbons (Fsp3) is 0.0556. The molecule has 1 heterocycles. The number of ether oxygens (including phenoxy) is 1. The highest BCUT2D eigenvalue weighted by Crippen LogP contribution is 2.27. The van der Waals surface area contributed by atoms with Gasteiger partial charge in [0.15, 0.2) is 0 Å². The SMILES string of the molecule is Cn1c(Oc2ccc3ccccc3c2)nc2ccccc21. The summed E-state index contributed by atoms with van der Waals surface area (Å²) >= 11 is 0. The molecule has 0 aliphatic rings. The van der Waals surface area contributed by atoms with E-state index in [1.54, 1.807) is 0 Å². The molecule has 0 bridgehead atoms. The number of benzene rings is 3. The lowest BCUT2D eigenvalue weighted by Crippen LogP contribution is -1.94. The van der Waals surface area contributed by atoms with Crippen LogP contribution >= 0.6 is 0 Å². The molecule has 4 rings (SSSR count). The summed E-state index contributed by atoms with van der Waals surface area (Å²) in [5, 5.41) is 2.36. The van der Waals surface area contributed by atoms with Gasteiger partial charge in [0.2, 0.25) is 0 Å². The fourth-order valence-electron chi connectivity index (χ4n) is 2.55. The third-order valence-electron chi connectivity index (χ3n) is 3.68. The molecule has 0 N–H and O–H groups in total. The van der Waals surface area contributed by atoms with E-state index < -0.39 is 0 Å². The summed E-state index contributed by atoms with van der Waals surface area (Å²) in [6.07, 6.45) is 0. The van der Waals surface area contributed by atoms with Gasteiger partial charge in [0.25, 0.3) is 0 Å². The molecule has 0 spiro atoms. The number of aryl methyl sites for hydroxylation is 1. The van der Waals surface area contributed by atoms with Crippen LogP contribution in [0.5, 0.6) is 11.8 Å². The highest BCUT2D eigenvalue weighted by Gasteiger charge is 2.09. The predicted octanol–water partition coefficient (Wildman–Crippen LogP) is 4.52. The number of imidazole rings is 1. The maximum atomic E-state index is 5.95. The van der Waals surface area contributed by atoms with Crippen LogP contribution < -0.4 is 4.74 Å². The molecule has 3 heteroatoms. The number of hydrogen-bond acceptors (Lipinski definition) is 2. The minimum Gasteiger partial charge on any atom is -0.425 e. The van der Waals surface area contributed by atoms with Crippen molar-refractivity contribution in [2.45, 2.75) is 0 Å². The van der Waals surface area contributed by atoms with E-state index in [0.717, 1.165) is 22.2 Å². The van der Waals surface area contributed by atoms with Gasteiger partial charge in [-0.1, -0.05) is 42.5 Å². The van der Waals surface area contributed by atoms with Gasteiger partial charge in [-0.15, -0.1) is 0 Å². The van der Waals surface area contributed by atoms with E-state index in [1.807, 2.05) is 60.1 Å². The summed E-state index contributed by atoms with van der Waals surface area (Å²) in [6, 6.07) is 22.9. The van der Waals surface area contributed by atoms with Crippen LogP contribution in [0.3, 0.4) is 0 Å². The van der Waals surface area contributed by atoms with E-state index in [0.29, 0.717) is 6.01 Å². The summed E-state index contributed by atoms with van der Waals surface area (Å²) in [5.41, 5.74) is 2.00. The predicted molar refractivity (Wildman–Crippen MR) is 84.7 cm³/mol. The number of hydrogen-bond donors (Lipinski definition) is 0. The zero-order chi connectivity index (χ0) is 14.2. The smallest absolute Gasteiger partial charge is 0.302 e. The quantitative estimate of drug-likeness (QED) is 0.537. The lowest BCUT2D eigenvalue weighted by molar-refractivity contribution is 0.428. The van der Waals surface area contributed by atoms with Crippen LogP contribution in [0.4, 0.5) is 0 Å². The molecule has 0 unspecified atom stereocenters. The van der Waals surface area contributed by atoms with Crippen molar-refractivity contribution >= 4 is 21.8 Å². The van der Waals surface area contributed by atoms with E-state index in [-0.39, 0.29) is 0 Å². The summed E-state index contributed by atoms with van der Waals surface area (Å²) < 4.78 is 7.92. The maximum Gasteiger partial charge on any atom is 0.302 e. The van der Waals surface area contributed by atoms with Crippen LogP contribution in [0.25, 0.3) is 21.8 Å². The van der Waals surface area contributed by atoms with Crippen molar-refractivity contribution in [1.82, 2.24) is 9.55 Å². The van der Waals surface area contributed by atoms with Gasteiger partial charge in [-0.2, -0.15) is 4.98 Å². The van der Waals surface area contributed by atoms with E-state index in [9.17, 15) is 0 Å². The standard InChI is InChI=1S/C18H14N2O/c1-20-17-9-5-4-8-16(17)19-18(20)21-15-11-10-13-6-2-3-7-14(13)12-15/h2-12H,1H3. The van der Waals surface area contributed by atoms with Gasteiger partial charge in [-0.05, 0) is 35.0 Å².